The number of H-pyrrole nitrogens is 1. The van der Waals surface area contributed by atoms with Gasteiger partial charge >= 0.3 is 5.69 Å². The van der Waals surface area contributed by atoms with Crippen LogP contribution < -0.4 is 11.0 Å². The predicted molar refractivity (Wildman–Crippen MR) is 104 cm³/mol. The number of pyridine rings is 1. The molecule has 4 rings (SSSR count). The third-order valence-electron chi connectivity index (χ3n) is 4.25. The van der Waals surface area contributed by atoms with Crippen LogP contribution in [0, 0.1) is 11.3 Å². The van der Waals surface area contributed by atoms with Gasteiger partial charge in [0.1, 0.15) is 11.5 Å². The van der Waals surface area contributed by atoms with Crippen molar-refractivity contribution >= 4 is 16.9 Å². The van der Waals surface area contributed by atoms with E-state index < -0.39 is 5.69 Å². The molecule has 0 unspecified atom stereocenters. The Kier molecular flexibility index (Phi) is 4.33. The normalized spacial score (nSPS) is 10.5. The Morgan fingerprint density at radius 3 is 2.85 bits per heavy atom. The highest BCUT2D eigenvalue weighted by molar-refractivity contribution is 5.85. The summed E-state index contributed by atoms with van der Waals surface area (Å²) in [5.41, 5.74) is 3.56. The lowest BCUT2D eigenvalue weighted by molar-refractivity contribution is 1.05. The molecule has 0 aliphatic carbocycles. The van der Waals surface area contributed by atoms with Crippen molar-refractivity contribution in [2.75, 3.05) is 5.32 Å². The summed E-state index contributed by atoms with van der Waals surface area (Å²) in [7, 11) is 0. The first-order chi connectivity index (χ1) is 13.2. The Balaban J connectivity index is 1.64. The van der Waals surface area contributed by atoms with Gasteiger partial charge in [-0.1, -0.05) is 36.4 Å². The Bertz CT molecular complexity index is 1220. The first-order valence-corrected chi connectivity index (χ1v) is 8.42. The van der Waals surface area contributed by atoms with Crippen molar-refractivity contribution in [2.24, 2.45) is 0 Å². The number of hydrogen-bond acceptors (Lipinski definition) is 5. The van der Waals surface area contributed by atoms with Gasteiger partial charge in [-0.05, 0) is 41.0 Å². The van der Waals surface area contributed by atoms with Gasteiger partial charge in [-0.15, -0.1) is 0 Å². The van der Waals surface area contributed by atoms with Crippen molar-refractivity contribution in [1.29, 1.82) is 5.26 Å². The van der Waals surface area contributed by atoms with Crippen LogP contribution in [-0.2, 0) is 6.54 Å². The van der Waals surface area contributed by atoms with E-state index in [9.17, 15) is 10.1 Å². The van der Waals surface area contributed by atoms with Gasteiger partial charge in [-0.25, -0.2) is 9.78 Å². The van der Waals surface area contributed by atoms with E-state index in [2.05, 4.69) is 26.3 Å². The van der Waals surface area contributed by atoms with Gasteiger partial charge in [0.25, 0.3) is 0 Å². The summed E-state index contributed by atoms with van der Waals surface area (Å²) in [5, 5.41) is 13.3. The van der Waals surface area contributed by atoms with Gasteiger partial charge in [-0.2, -0.15) is 10.2 Å². The molecule has 6 heteroatoms. The van der Waals surface area contributed by atoms with Crippen molar-refractivity contribution in [3.8, 4) is 17.2 Å². The standard InChI is InChI=1S/C21H15N5O/c22-12-16-6-1-2-8-17(16)15-7-3-5-14(11-15)13-24-20-18-9-4-10-23-19(18)25-21(27)26-20/h1-11H,13H2,(H2,23,24,25,26,27). The second kappa shape index (κ2) is 7.10. The molecule has 0 aliphatic heterocycles. The Morgan fingerprint density at radius 1 is 1.07 bits per heavy atom. The van der Waals surface area contributed by atoms with Crippen molar-refractivity contribution in [2.45, 2.75) is 6.54 Å². The Hall–Kier alpha value is -3.98. The molecule has 0 fully saturated rings. The number of aromatic nitrogens is 3. The molecule has 130 valence electrons. The largest absolute Gasteiger partial charge is 0.365 e. The molecule has 2 heterocycles. The number of nitrogens with one attached hydrogen (secondary N) is 2. The number of rotatable bonds is 4. The van der Waals surface area contributed by atoms with Gasteiger partial charge < -0.3 is 5.32 Å². The highest BCUT2D eigenvalue weighted by Gasteiger charge is 2.07. The molecule has 0 saturated carbocycles. The zero-order valence-electron chi connectivity index (χ0n) is 14.3. The molecule has 2 N–H and O–H groups in total. The van der Waals surface area contributed by atoms with Crippen LogP contribution in [0.15, 0.2) is 71.7 Å². The minimum atomic E-state index is -0.444. The number of aromatic amines is 1. The fourth-order valence-corrected chi connectivity index (χ4v) is 2.99. The number of hydrogen-bond donors (Lipinski definition) is 2. The van der Waals surface area contributed by atoms with Gasteiger partial charge in [0.15, 0.2) is 0 Å². The fraction of sp³-hybridized carbons (Fsp3) is 0.0476. The summed E-state index contributed by atoms with van der Waals surface area (Å²) in [5.74, 6) is 0.490. The van der Waals surface area contributed by atoms with Crippen LogP contribution in [-0.4, -0.2) is 15.0 Å². The maximum atomic E-state index is 11.7. The molecule has 0 atom stereocenters. The smallest absolute Gasteiger partial charge is 0.348 e. The molecule has 0 bridgehead atoms. The lowest BCUT2D eigenvalue weighted by Gasteiger charge is -2.10. The Morgan fingerprint density at radius 2 is 1.96 bits per heavy atom. The summed E-state index contributed by atoms with van der Waals surface area (Å²) in [6.07, 6.45) is 1.62. The molecule has 27 heavy (non-hydrogen) atoms. The average molecular weight is 353 g/mol. The van der Waals surface area contributed by atoms with Gasteiger partial charge in [-0.3, -0.25) is 4.98 Å². The average Bonchev–Trinajstić information content (AvgIpc) is 2.72. The van der Waals surface area contributed by atoms with Crippen LogP contribution in [0.25, 0.3) is 22.2 Å². The van der Waals surface area contributed by atoms with E-state index in [-0.39, 0.29) is 0 Å². The maximum absolute atomic E-state index is 11.7. The summed E-state index contributed by atoms with van der Waals surface area (Å²) in [4.78, 5) is 22.6. The zero-order chi connectivity index (χ0) is 18.6. The second-order valence-corrected chi connectivity index (χ2v) is 6.00. The first kappa shape index (κ1) is 16.5. The van der Waals surface area contributed by atoms with Gasteiger partial charge in [0, 0.05) is 12.7 Å². The number of fused-ring (bicyclic) bond motifs is 1. The predicted octanol–water partition coefficient (Wildman–Crippen LogP) is 3.47. The van der Waals surface area contributed by atoms with E-state index >= 15 is 0 Å². The minimum absolute atomic E-state index is 0.444. The van der Waals surface area contributed by atoms with Crippen LogP contribution in [0.3, 0.4) is 0 Å². The lowest BCUT2D eigenvalue weighted by atomic mass is 9.99. The number of benzene rings is 2. The van der Waals surface area contributed by atoms with Crippen molar-refractivity contribution in [3.05, 3.63) is 88.5 Å². The van der Waals surface area contributed by atoms with E-state index in [4.69, 9.17) is 0 Å². The first-order valence-electron chi connectivity index (χ1n) is 8.42. The summed E-state index contributed by atoms with van der Waals surface area (Å²) in [6.45, 7) is 0.489. The van der Waals surface area contributed by atoms with E-state index in [1.54, 1.807) is 18.3 Å². The van der Waals surface area contributed by atoms with Crippen LogP contribution >= 0.6 is 0 Å². The molecule has 6 nitrogen and oxygen atoms in total. The maximum Gasteiger partial charge on any atom is 0.348 e. The van der Waals surface area contributed by atoms with Crippen LogP contribution in [0.2, 0.25) is 0 Å². The molecule has 2 aromatic carbocycles. The molecule has 0 amide bonds. The molecule has 0 radical (unpaired) electrons. The highest BCUT2D eigenvalue weighted by Crippen LogP contribution is 2.24. The van der Waals surface area contributed by atoms with Crippen molar-refractivity contribution in [3.63, 3.8) is 0 Å². The molecule has 0 spiro atoms. The molecule has 0 aliphatic rings. The highest BCUT2D eigenvalue weighted by atomic mass is 16.1. The van der Waals surface area contributed by atoms with Crippen LogP contribution in [0.4, 0.5) is 5.82 Å². The van der Waals surface area contributed by atoms with Gasteiger partial charge in [0.2, 0.25) is 0 Å². The van der Waals surface area contributed by atoms with E-state index in [1.165, 1.54) is 0 Å². The second-order valence-electron chi connectivity index (χ2n) is 6.00. The van der Waals surface area contributed by atoms with E-state index in [0.29, 0.717) is 23.6 Å². The monoisotopic (exact) mass is 353 g/mol. The number of anilines is 1. The summed E-state index contributed by atoms with van der Waals surface area (Å²) in [6, 6.07) is 21.3. The van der Waals surface area contributed by atoms with E-state index in [0.717, 1.165) is 22.1 Å². The molecular formula is C21H15N5O. The Labute approximate surface area is 155 Å². The summed E-state index contributed by atoms with van der Waals surface area (Å²) < 4.78 is 0. The van der Waals surface area contributed by atoms with E-state index in [1.807, 2.05) is 48.5 Å². The summed E-state index contributed by atoms with van der Waals surface area (Å²) >= 11 is 0. The van der Waals surface area contributed by atoms with Crippen LogP contribution in [0.5, 0.6) is 0 Å². The topological polar surface area (TPSA) is 94.5 Å². The third kappa shape index (κ3) is 3.39. The minimum Gasteiger partial charge on any atom is -0.365 e. The third-order valence-corrected chi connectivity index (χ3v) is 4.25. The molecular weight excluding hydrogens is 338 g/mol. The van der Waals surface area contributed by atoms with Crippen LogP contribution in [0.1, 0.15) is 11.1 Å². The zero-order valence-corrected chi connectivity index (χ0v) is 14.3. The number of nitrogens with zero attached hydrogens (tertiary/aromatic N) is 3. The van der Waals surface area contributed by atoms with Gasteiger partial charge in [0.05, 0.1) is 17.0 Å². The molecule has 2 aromatic heterocycles. The number of nitriles is 1. The quantitative estimate of drug-likeness (QED) is 0.586. The fourth-order valence-electron chi connectivity index (χ4n) is 2.99. The lowest BCUT2D eigenvalue weighted by Crippen LogP contribution is -2.14. The SMILES string of the molecule is N#Cc1ccccc1-c1cccc(CNc2nc(=O)[nH]c3ncccc23)c1. The molecule has 4 aromatic rings. The van der Waals surface area contributed by atoms with Crippen molar-refractivity contribution < 1.29 is 0 Å². The molecule has 0 saturated heterocycles. The van der Waals surface area contributed by atoms with Crippen molar-refractivity contribution in [1.82, 2.24) is 15.0 Å².